The van der Waals surface area contributed by atoms with Crippen LogP contribution >= 0.6 is 0 Å². The topological polar surface area (TPSA) is 80.5 Å². The Bertz CT molecular complexity index is 1180. The van der Waals surface area contributed by atoms with Gasteiger partial charge in [-0.3, -0.25) is 19.7 Å². The van der Waals surface area contributed by atoms with Gasteiger partial charge in [-0.1, -0.05) is 6.07 Å². The van der Waals surface area contributed by atoms with Gasteiger partial charge in [0, 0.05) is 38.0 Å². The Morgan fingerprint density at radius 2 is 1.97 bits per heavy atom. The molecule has 4 heterocycles. The standard InChI is InChI=1S/C24H27F3N4O3/c1-34-18-12-20-19(28-14-18)5-7-23(33)31(20)11-10-30-9-8-17(21(32)15-30)4-2-16-3-6-22(29-13-16)24(25,26)27/h3,5-7,12-14,17,21,32H,2,4,8-11,15H2,1H3/t17-,21+/m0/s1. The second kappa shape index (κ2) is 10.1. The number of ether oxygens (including phenoxy) is 1. The number of hydrogen-bond acceptors (Lipinski definition) is 6. The Balaban J connectivity index is 1.32. The number of halogens is 3. The average molecular weight is 476 g/mol. The van der Waals surface area contributed by atoms with Gasteiger partial charge < -0.3 is 14.4 Å². The number of piperidine rings is 1. The maximum Gasteiger partial charge on any atom is 0.433 e. The number of pyridine rings is 3. The van der Waals surface area contributed by atoms with Crippen LogP contribution < -0.4 is 10.3 Å². The van der Waals surface area contributed by atoms with Crippen LogP contribution in [0.5, 0.6) is 5.75 Å². The van der Waals surface area contributed by atoms with Gasteiger partial charge in [0.15, 0.2) is 0 Å². The Labute approximate surface area is 194 Å². The van der Waals surface area contributed by atoms with Gasteiger partial charge in [0.1, 0.15) is 11.4 Å². The van der Waals surface area contributed by atoms with Crippen LogP contribution in [0.25, 0.3) is 11.0 Å². The lowest BCUT2D eigenvalue weighted by Crippen LogP contribution is -2.45. The van der Waals surface area contributed by atoms with Gasteiger partial charge in [-0.25, -0.2) is 0 Å². The van der Waals surface area contributed by atoms with Crippen LogP contribution in [0.3, 0.4) is 0 Å². The minimum Gasteiger partial charge on any atom is -0.495 e. The summed E-state index contributed by atoms with van der Waals surface area (Å²) in [6, 6.07) is 7.42. The zero-order valence-corrected chi connectivity index (χ0v) is 18.8. The van der Waals surface area contributed by atoms with Crippen molar-refractivity contribution in [3.05, 3.63) is 64.3 Å². The molecule has 1 fully saturated rings. The molecule has 0 amide bonds. The van der Waals surface area contributed by atoms with Crippen molar-refractivity contribution in [2.75, 3.05) is 26.7 Å². The molecule has 0 radical (unpaired) electrons. The van der Waals surface area contributed by atoms with Gasteiger partial charge in [0.2, 0.25) is 0 Å². The number of aliphatic hydroxyl groups excluding tert-OH is 1. The summed E-state index contributed by atoms with van der Waals surface area (Å²) in [5.74, 6) is 0.638. The smallest absolute Gasteiger partial charge is 0.433 e. The normalized spacial score (nSPS) is 19.4. The lowest BCUT2D eigenvalue weighted by Gasteiger charge is -2.36. The zero-order chi connectivity index (χ0) is 24.3. The summed E-state index contributed by atoms with van der Waals surface area (Å²) in [5, 5.41) is 10.7. The highest BCUT2D eigenvalue weighted by molar-refractivity contribution is 5.75. The minimum atomic E-state index is -4.44. The van der Waals surface area contributed by atoms with Crippen molar-refractivity contribution in [3.8, 4) is 5.75 Å². The lowest BCUT2D eigenvalue weighted by atomic mass is 9.88. The van der Waals surface area contributed by atoms with Crippen LogP contribution in [0.4, 0.5) is 13.2 Å². The summed E-state index contributed by atoms with van der Waals surface area (Å²) < 4.78 is 44.9. The van der Waals surface area contributed by atoms with Crippen molar-refractivity contribution in [1.82, 2.24) is 19.4 Å². The molecule has 3 aromatic rings. The summed E-state index contributed by atoms with van der Waals surface area (Å²) in [6.45, 7) is 2.31. The number of aliphatic hydroxyl groups is 1. The summed E-state index contributed by atoms with van der Waals surface area (Å²) in [4.78, 5) is 22.4. The van der Waals surface area contributed by atoms with Crippen molar-refractivity contribution < 1.29 is 23.0 Å². The first kappa shape index (κ1) is 24.2. The second-order valence-electron chi connectivity index (χ2n) is 8.61. The molecule has 4 rings (SSSR count). The number of fused-ring (bicyclic) bond motifs is 1. The van der Waals surface area contributed by atoms with Gasteiger partial charge in [-0.15, -0.1) is 0 Å². The number of hydrogen-bond donors (Lipinski definition) is 1. The summed E-state index contributed by atoms with van der Waals surface area (Å²) in [7, 11) is 1.55. The third kappa shape index (κ3) is 5.56. The molecule has 7 nitrogen and oxygen atoms in total. The summed E-state index contributed by atoms with van der Waals surface area (Å²) in [5.41, 5.74) is 1.11. The molecular weight excluding hydrogens is 449 g/mol. The molecule has 2 atom stereocenters. The monoisotopic (exact) mass is 476 g/mol. The SMILES string of the molecule is COc1cnc2ccc(=O)n(CCN3CC[C@H](CCc4ccc(C(F)(F)F)nc4)[C@H](O)C3)c2c1. The Morgan fingerprint density at radius 3 is 2.65 bits per heavy atom. The van der Waals surface area contributed by atoms with Crippen molar-refractivity contribution in [3.63, 3.8) is 0 Å². The molecule has 0 unspecified atom stereocenters. The molecule has 0 aromatic carbocycles. The number of aryl methyl sites for hydroxylation is 1. The second-order valence-corrected chi connectivity index (χ2v) is 8.61. The lowest BCUT2D eigenvalue weighted by molar-refractivity contribution is -0.141. The van der Waals surface area contributed by atoms with Crippen molar-refractivity contribution in [2.45, 2.75) is 38.1 Å². The summed E-state index contributed by atoms with van der Waals surface area (Å²) >= 11 is 0. The highest BCUT2D eigenvalue weighted by atomic mass is 19.4. The number of methoxy groups -OCH3 is 1. The first-order valence-corrected chi connectivity index (χ1v) is 11.2. The molecule has 0 saturated carbocycles. The highest BCUT2D eigenvalue weighted by Gasteiger charge is 2.32. The Morgan fingerprint density at radius 1 is 1.15 bits per heavy atom. The van der Waals surface area contributed by atoms with E-state index in [1.807, 2.05) is 0 Å². The molecule has 34 heavy (non-hydrogen) atoms. The van der Waals surface area contributed by atoms with Crippen LogP contribution in [0.15, 0.2) is 47.5 Å². The van der Waals surface area contributed by atoms with Gasteiger partial charge in [0.25, 0.3) is 5.56 Å². The van der Waals surface area contributed by atoms with Crippen molar-refractivity contribution in [1.29, 1.82) is 0 Å². The van der Waals surface area contributed by atoms with E-state index in [1.165, 1.54) is 18.3 Å². The first-order valence-electron chi connectivity index (χ1n) is 11.2. The number of aromatic nitrogens is 3. The van der Waals surface area contributed by atoms with E-state index in [4.69, 9.17) is 4.74 Å². The fraction of sp³-hybridized carbons (Fsp3) is 0.458. The van der Waals surface area contributed by atoms with Gasteiger partial charge in [-0.05, 0) is 49.4 Å². The molecule has 10 heteroatoms. The molecule has 3 aromatic heterocycles. The molecule has 1 saturated heterocycles. The molecule has 0 bridgehead atoms. The molecule has 0 spiro atoms. The largest absolute Gasteiger partial charge is 0.495 e. The Kier molecular flexibility index (Phi) is 7.18. The highest BCUT2D eigenvalue weighted by Crippen LogP contribution is 2.28. The van der Waals surface area contributed by atoms with Crippen molar-refractivity contribution >= 4 is 11.0 Å². The molecule has 182 valence electrons. The van der Waals surface area contributed by atoms with E-state index in [-0.39, 0.29) is 11.5 Å². The van der Waals surface area contributed by atoms with Crippen molar-refractivity contribution in [2.24, 2.45) is 5.92 Å². The number of likely N-dealkylation sites (tertiary alicyclic amines) is 1. The van der Waals surface area contributed by atoms with E-state index in [0.717, 1.165) is 24.6 Å². The fourth-order valence-electron chi connectivity index (χ4n) is 4.41. The van der Waals surface area contributed by atoms with Crippen LogP contribution in [-0.4, -0.2) is 57.4 Å². The van der Waals surface area contributed by atoms with Crippen LogP contribution in [0.1, 0.15) is 24.1 Å². The van der Waals surface area contributed by atoms with Crippen LogP contribution in [0.2, 0.25) is 0 Å². The predicted octanol–water partition coefficient (Wildman–Crippen LogP) is 3.13. The molecule has 1 aliphatic rings. The molecule has 1 N–H and O–H groups in total. The maximum absolute atomic E-state index is 12.7. The maximum atomic E-state index is 12.7. The quantitative estimate of drug-likeness (QED) is 0.565. The van der Waals surface area contributed by atoms with Gasteiger partial charge >= 0.3 is 6.18 Å². The van der Waals surface area contributed by atoms with Gasteiger partial charge in [0.05, 0.1) is 30.4 Å². The predicted molar refractivity (Wildman–Crippen MR) is 121 cm³/mol. The number of nitrogens with zero attached hydrogens (tertiary/aromatic N) is 4. The number of alkyl halides is 3. The fourth-order valence-corrected chi connectivity index (χ4v) is 4.41. The summed E-state index contributed by atoms with van der Waals surface area (Å²) in [6.07, 6.45) is -0.100. The van der Waals surface area contributed by atoms with E-state index < -0.39 is 18.0 Å². The van der Waals surface area contributed by atoms with E-state index in [2.05, 4.69) is 14.9 Å². The van der Waals surface area contributed by atoms with Crippen LogP contribution in [-0.2, 0) is 19.1 Å². The van der Waals surface area contributed by atoms with E-state index in [0.29, 0.717) is 49.3 Å². The van der Waals surface area contributed by atoms with Crippen LogP contribution in [0, 0.1) is 5.92 Å². The zero-order valence-electron chi connectivity index (χ0n) is 18.8. The molecular formula is C24H27F3N4O3. The number of rotatable bonds is 7. The van der Waals surface area contributed by atoms with E-state index >= 15 is 0 Å². The number of β-amino-alcohol motifs (C(OH)–C–C–N with tert-alkyl or cyclic N) is 1. The minimum absolute atomic E-state index is 0.0623. The molecule has 0 aliphatic carbocycles. The first-order chi connectivity index (χ1) is 16.2. The average Bonchev–Trinajstić information content (AvgIpc) is 2.82. The van der Waals surface area contributed by atoms with Gasteiger partial charge in [-0.2, -0.15) is 13.2 Å². The third-order valence-electron chi connectivity index (χ3n) is 6.41. The van der Waals surface area contributed by atoms with E-state index in [9.17, 15) is 23.1 Å². The molecule has 1 aliphatic heterocycles. The van der Waals surface area contributed by atoms with E-state index in [1.54, 1.807) is 30.0 Å². The third-order valence-corrected chi connectivity index (χ3v) is 6.41. The Hall–Kier alpha value is -2.98.